The molecule has 1 unspecified atom stereocenters. The number of guanidine groups is 1. The quantitative estimate of drug-likeness (QED) is 0.604. The van der Waals surface area contributed by atoms with E-state index in [0.29, 0.717) is 19.0 Å². The Bertz CT molecular complexity index is 377. The molecule has 1 aliphatic heterocycles. The van der Waals surface area contributed by atoms with E-state index in [2.05, 4.69) is 34.4 Å². The van der Waals surface area contributed by atoms with Crippen LogP contribution in [0.1, 0.15) is 58.8 Å². The van der Waals surface area contributed by atoms with Gasteiger partial charge in [-0.15, -0.1) is 0 Å². The predicted octanol–water partition coefficient (Wildman–Crippen LogP) is 2.13. The zero-order valence-corrected chi connectivity index (χ0v) is 14.2. The number of aliphatic imine (C=N–C) groups is 1. The highest BCUT2D eigenvalue weighted by Gasteiger charge is 2.19. The standard InChI is InChI=1S/C17H32N4O/c1-3-18-17(21-12-6-7-14(2)13-21)19-11-10-16(22)20-15-8-4-5-9-15/h14-15H,3-13H2,1-2H3,(H,18,19)(H,20,22). The highest BCUT2D eigenvalue weighted by molar-refractivity contribution is 5.81. The number of nitrogens with zero attached hydrogens (tertiary/aromatic N) is 2. The lowest BCUT2D eigenvalue weighted by atomic mass is 10.0. The van der Waals surface area contributed by atoms with Crippen molar-refractivity contribution in [3.05, 3.63) is 0 Å². The van der Waals surface area contributed by atoms with Crippen molar-refractivity contribution in [1.82, 2.24) is 15.5 Å². The van der Waals surface area contributed by atoms with Crippen LogP contribution >= 0.6 is 0 Å². The van der Waals surface area contributed by atoms with Crippen molar-refractivity contribution in [1.29, 1.82) is 0 Å². The molecular weight excluding hydrogens is 276 g/mol. The summed E-state index contributed by atoms with van der Waals surface area (Å²) in [4.78, 5) is 18.9. The van der Waals surface area contributed by atoms with Gasteiger partial charge < -0.3 is 15.5 Å². The average Bonchev–Trinajstić information content (AvgIpc) is 2.99. The largest absolute Gasteiger partial charge is 0.357 e. The summed E-state index contributed by atoms with van der Waals surface area (Å²) in [7, 11) is 0. The molecule has 1 heterocycles. The van der Waals surface area contributed by atoms with Gasteiger partial charge in [-0.2, -0.15) is 0 Å². The molecule has 0 aromatic carbocycles. The van der Waals surface area contributed by atoms with Crippen LogP contribution in [0, 0.1) is 5.92 Å². The maximum absolute atomic E-state index is 12.0. The van der Waals surface area contributed by atoms with Gasteiger partial charge in [0.15, 0.2) is 5.96 Å². The van der Waals surface area contributed by atoms with Crippen LogP contribution in [0.2, 0.25) is 0 Å². The van der Waals surface area contributed by atoms with E-state index in [0.717, 1.165) is 44.4 Å². The number of rotatable bonds is 5. The van der Waals surface area contributed by atoms with Gasteiger partial charge in [0.25, 0.3) is 0 Å². The molecule has 2 N–H and O–H groups in total. The molecule has 5 nitrogen and oxygen atoms in total. The van der Waals surface area contributed by atoms with Gasteiger partial charge in [-0.25, -0.2) is 0 Å². The SMILES string of the molecule is CCNC(=NCCC(=O)NC1CCCC1)N1CCCC(C)C1. The van der Waals surface area contributed by atoms with Crippen LogP contribution in [0.25, 0.3) is 0 Å². The van der Waals surface area contributed by atoms with E-state index < -0.39 is 0 Å². The highest BCUT2D eigenvalue weighted by atomic mass is 16.1. The van der Waals surface area contributed by atoms with Crippen molar-refractivity contribution in [2.75, 3.05) is 26.2 Å². The van der Waals surface area contributed by atoms with Gasteiger partial charge in [0.1, 0.15) is 0 Å². The Balaban J connectivity index is 1.77. The molecule has 2 fully saturated rings. The number of amides is 1. The molecule has 126 valence electrons. The van der Waals surface area contributed by atoms with Gasteiger partial charge >= 0.3 is 0 Å². The smallest absolute Gasteiger partial charge is 0.222 e. The van der Waals surface area contributed by atoms with Gasteiger partial charge in [-0.3, -0.25) is 9.79 Å². The Kier molecular flexibility index (Phi) is 7.00. The molecule has 2 aliphatic rings. The lowest BCUT2D eigenvalue weighted by Gasteiger charge is -2.33. The van der Waals surface area contributed by atoms with Crippen molar-refractivity contribution < 1.29 is 4.79 Å². The van der Waals surface area contributed by atoms with E-state index in [1.54, 1.807) is 0 Å². The van der Waals surface area contributed by atoms with Crippen LogP contribution in [0.3, 0.4) is 0 Å². The van der Waals surface area contributed by atoms with E-state index in [1.807, 2.05) is 0 Å². The van der Waals surface area contributed by atoms with Gasteiger partial charge in [-0.1, -0.05) is 19.8 Å². The molecule has 5 heteroatoms. The third-order valence-electron chi connectivity index (χ3n) is 4.61. The maximum atomic E-state index is 12.0. The summed E-state index contributed by atoms with van der Waals surface area (Å²) in [5.41, 5.74) is 0. The second-order valence-corrected chi connectivity index (χ2v) is 6.73. The van der Waals surface area contributed by atoms with E-state index in [-0.39, 0.29) is 5.91 Å². The van der Waals surface area contributed by atoms with Crippen LogP contribution in [-0.4, -0.2) is 49.0 Å². The molecule has 1 saturated carbocycles. The lowest BCUT2D eigenvalue weighted by molar-refractivity contribution is -0.121. The first-order valence-electron chi connectivity index (χ1n) is 9.01. The predicted molar refractivity (Wildman–Crippen MR) is 91.0 cm³/mol. The van der Waals surface area contributed by atoms with Gasteiger partial charge in [0.2, 0.25) is 5.91 Å². The zero-order valence-electron chi connectivity index (χ0n) is 14.2. The molecule has 1 saturated heterocycles. The second-order valence-electron chi connectivity index (χ2n) is 6.73. The third-order valence-corrected chi connectivity index (χ3v) is 4.61. The first-order valence-corrected chi connectivity index (χ1v) is 9.01. The van der Waals surface area contributed by atoms with E-state index in [1.165, 1.54) is 25.7 Å². The first-order chi connectivity index (χ1) is 10.7. The summed E-state index contributed by atoms with van der Waals surface area (Å²) in [6.07, 6.45) is 7.82. The Hall–Kier alpha value is -1.26. The second kappa shape index (κ2) is 9.01. The Morgan fingerprint density at radius 2 is 2.00 bits per heavy atom. The highest BCUT2D eigenvalue weighted by Crippen LogP contribution is 2.17. The molecule has 0 spiro atoms. The molecule has 0 radical (unpaired) electrons. The zero-order chi connectivity index (χ0) is 15.8. The van der Waals surface area contributed by atoms with Crippen LogP contribution in [0.15, 0.2) is 4.99 Å². The summed E-state index contributed by atoms with van der Waals surface area (Å²) < 4.78 is 0. The van der Waals surface area contributed by atoms with E-state index in [9.17, 15) is 4.79 Å². The molecule has 1 amide bonds. The Labute approximate surface area is 134 Å². The Morgan fingerprint density at radius 1 is 1.23 bits per heavy atom. The normalized spacial score (nSPS) is 23.6. The summed E-state index contributed by atoms with van der Waals surface area (Å²) in [6, 6.07) is 0.410. The summed E-state index contributed by atoms with van der Waals surface area (Å²) in [5.74, 6) is 1.85. The lowest BCUT2D eigenvalue weighted by Crippen LogP contribution is -2.46. The monoisotopic (exact) mass is 308 g/mol. The number of hydrogen-bond donors (Lipinski definition) is 2. The van der Waals surface area contributed by atoms with E-state index >= 15 is 0 Å². The molecule has 0 aromatic heterocycles. The van der Waals surface area contributed by atoms with Crippen molar-refractivity contribution in [3.8, 4) is 0 Å². The van der Waals surface area contributed by atoms with Crippen LogP contribution in [-0.2, 0) is 4.79 Å². The van der Waals surface area contributed by atoms with Crippen molar-refractivity contribution in [3.63, 3.8) is 0 Å². The third kappa shape index (κ3) is 5.50. The molecule has 1 aliphatic carbocycles. The molecular formula is C17H32N4O. The molecule has 22 heavy (non-hydrogen) atoms. The molecule has 1 atom stereocenters. The van der Waals surface area contributed by atoms with Gasteiger partial charge in [0, 0.05) is 32.1 Å². The molecule has 0 aromatic rings. The fourth-order valence-corrected chi connectivity index (χ4v) is 3.44. The number of carbonyl (C=O) groups excluding carboxylic acids is 1. The fourth-order valence-electron chi connectivity index (χ4n) is 3.44. The van der Waals surface area contributed by atoms with Crippen molar-refractivity contribution in [2.45, 2.75) is 64.8 Å². The number of hydrogen-bond acceptors (Lipinski definition) is 2. The van der Waals surface area contributed by atoms with Crippen molar-refractivity contribution >= 4 is 11.9 Å². The number of carbonyl (C=O) groups is 1. The average molecular weight is 308 g/mol. The van der Waals surface area contributed by atoms with Crippen LogP contribution < -0.4 is 10.6 Å². The topological polar surface area (TPSA) is 56.7 Å². The summed E-state index contributed by atoms with van der Waals surface area (Å²) in [6.45, 7) is 7.98. The minimum absolute atomic E-state index is 0.151. The number of nitrogens with one attached hydrogen (secondary N) is 2. The molecule has 0 bridgehead atoms. The first kappa shape index (κ1) is 17.1. The van der Waals surface area contributed by atoms with Crippen LogP contribution in [0.5, 0.6) is 0 Å². The summed E-state index contributed by atoms with van der Waals surface area (Å²) >= 11 is 0. The minimum Gasteiger partial charge on any atom is -0.357 e. The number of piperidine rings is 1. The fraction of sp³-hybridized carbons (Fsp3) is 0.882. The maximum Gasteiger partial charge on any atom is 0.222 e. The minimum atomic E-state index is 0.151. The summed E-state index contributed by atoms with van der Waals surface area (Å²) in [5, 5.41) is 6.49. The van der Waals surface area contributed by atoms with Gasteiger partial charge in [0.05, 0.1) is 6.54 Å². The van der Waals surface area contributed by atoms with E-state index in [4.69, 9.17) is 0 Å². The Morgan fingerprint density at radius 3 is 2.68 bits per heavy atom. The van der Waals surface area contributed by atoms with Crippen LogP contribution in [0.4, 0.5) is 0 Å². The van der Waals surface area contributed by atoms with Gasteiger partial charge in [-0.05, 0) is 38.5 Å². The van der Waals surface area contributed by atoms with Crippen molar-refractivity contribution in [2.24, 2.45) is 10.9 Å². The molecule has 2 rings (SSSR count). The number of likely N-dealkylation sites (tertiary alicyclic amines) is 1.